The molecule has 0 bridgehead atoms. The maximum atomic E-state index is 12.1. The SMILES string of the molecule is CCn1cnc(S(=O)(=O)Nc2ccc(C)c(O)c2)c1. The van der Waals surface area contributed by atoms with Crippen LogP contribution >= 0.6 is 0 Å². The fourth-order valence-corrected chi connectivity index (χ4v) is 2.53. The van der Waals surface area contributed by atoms with Gasteiger partial charge in [0.05, 0.1) is 12.0 Å². The van der Waals surface area contributed by atoms with E-state index in [4.69, 9.17) is 0 Å². The van der Waals surface area contributed by atoms with Gasteiger partial charge in [-0.2, -0.15) is 8.42 Å². The van der Waals surface area contributed by atoms with E-state index in [1.54, 1.807) is 23.6 Å². The zero-order chi connectivity index (χ0) is 14.0. The molecule has 2 aromatic rings. The number of anilines is 1. The molecule has 0 saturated carbocycles. The summed E-state index contributed by atoms with van der Waals surface area (Å²) in [4.78, 5) is 3.84. The van der Waals surface area contributed by atoms with Crippen molar-refractivity contribution >= 4 is 15.7 Å². The van der Waals surface area contributed by atoms with Crippen LogP contribution in [0.5, 0.6) is 5.75 Å². The van der Waals surface area contributed by atoms with Gasteiger partial charge in [0.2, 0.25) is 0 Å². The van der Waals surface area contributed by atoms with Gasteiger partial charge in [-0.25, -0.2) is 4.98 Å². The van der Waals surface area contributed by atoms with E-state index in [2.05, 4.69) is 9.71 Å². The first kappa shape index (κ1) is 13.4. The number of hydrogen-bond acceptors (Lipinski definition) is 4. The molecule has 0 fully saturated rings. The molecule has 0 amide bonds. The van der Waals surface area contributed by atoms with E-state index in [1.807, 2.05) is 6.92 Å². The van der Waals surface area contributed by atoms with E-state index in [0.717, 1.165) is 0 Å². The predicted octanol–water partition coefficient (Wildman–Crippen LogP) is 1.72. The van der Waals surface area contributed by atoms with Gasteiger partial charge in [0.1, 0.15) is 5.75 Å². The Morgan fingerprint density at radius 1 is 1.42 bits per heavy atom. The lowest BCUT2D eigenvalue weighted by Crippen LogP contribution is -2.13. The molecular weight excluding hydrogens is 266 g/mol. The lowest BCUT2D eigenvalue weighted by molar-refractivity contribution is 0.471. The molecule has 0 radical (unpaired) electrons. The van der Waals surface area contributed by atoms with Crippen molar-refractivity contribution in [3.8, 4) is 5.75 Å². The van der Waals surface area contributed by atoms with E-state index < -0.39 is 10.0 Å². The number of sulfonamides is 1. The fourth-order valence-electron chi connectivity index (χ4n) is 1.53. The minimum absolute atomic E-state index is 0.0410. The first-order chi connectivity index (χ1) is 8.92. The summed E-state index contributed by atoms with van der Waals surface area (Å²) in [5.41, 5.74) is 0.979. The van der Waals surface area contributed by atoms with Gasteiger partial charge in [-0.1, -0.05) is 6.07 Å². The van der Waals surface area contributed by atoms with Crippen LogP contribution < -0.4 is 4.72 Å². The number of rotatable bonds is 4. The number of hydrogen-bond donors (Lipinski definition) is 2. The lowest BCUT2D eigenvalue weighted by Gasteiger charge is -2.07. The van der Waals surface area contributed by atoms with Crippen LogP contribution in [-0.4, -0.2) is 23.1 Å². The van der Waals surface area contributed by atoms with E-state index in [9.17, 15) is 13.5 Å². The van der Waals surface area contributed by atoms with Gasteiger partial charge < -0.3 is 9.67 Å². The Hall–Kier alpha value is -2.02. The van der Waals surface area contributed by atoms with Crippen LogP contribution in [-0.2, 0) is 16.6 Å². The Morgan fingerprint density at radius 3 is 2.74 bits per heavy atom. The number of phenolic OH excluding ortho intramolecular Hbond substituents is 1. The van der Waals surface area contributed by atoms with Crippen molar-refractivity contribution < 1.29 is 13.5 Å². The number of benzene rings is 1. The monoisotopic (exact) mass is 281 g/mol. The van der Waals surface area contributed by atoms with E-state index in [1.165, 1.54) is 18.6 Å². The third-order valence-electron chi connectivity index (χ3n) is 2.71. The summed E-state index contributed by atoms with van der Waals surface area (Å²) in [5, 5.41) is 9.51. The number of imidazole rings is 1. The van der Waals surface area contributed by atoms with Crippen LogP contribution in [0.4, 0.5) is 5.69 Å². The average molecular weight is 281 g/mol. The largest absolute Gasteiger partial charge is 0.508 e. The van der Waals surface area contributed by atoms with Crippen molar-refractivity contribution in [2.24, 2.45) is 0 Å². The molecular formula is C12H15N3O3S. The van der Waals surface area contributed by atoms with Gasteiger partial charge in [-0.3, -0.25) is 4.72 Å². The standard InChI is InChI=1S/C12H15N3O3S/c1-3-15-7-12(13-8-15)19(17,18)14-10-5-4-9(2)11(16)6-10/h4-8,14,16H,3H2,1-2H3. The Morgan fingerprint density at radius 2 is 2.16 bits per heavy atom. The molecule has 0 aliphatic heterocycles. The lowest BCUT2D eigenvalue weighted by atomic mass is 10.2. The Balaban J connectivity index is 2.28. The van der Waals surface area contributed by atoms with Crippen LogP contribution in [0.1, 0.15) is 12.5 Å². The van der Waals surface area contributed by atoms with Crippen LogP contribution in [0.2, 0.25) is 0 Å². The van der Waals surface area contributed by atoms with Crippen molar-refractivity contribution in [3.05, 3.63) is 36.3 Å². The molecule has 2 rings (SSSR count). The normalized spacial score (nSPS) is 11.5. The maximum absolute atomic E-state index is 12.1. The summed E-state index contributed by atoms with van der Waals surface area (Å²) >= 11 is 0. The second-order valence-electron chi connectivity index (χ2n) is 4.15. The molecule has 2 N–H and O–H groups in total. The molecule has 1 heterocycles. The predicted molar refractivity (Wildman–Crippen MR) is 71.6 cm³/mol. The van der Waals surface area contributed by atoms with Gasteiger partial charge >= 0.3 is 0 Å². The molecule has 0 aliphatic rings. The van der Waals surface area contributed by atoms with Crippen molar-refractivity contribution in [1.82, 2.24) is 9.55 Å². The molecule has 0 spiro atoms. The number of phenols is 1. The number of aryl methyl sites for hydroxylation is 2. The van der Waals surface area contributed by atoms with Crippen molar-refractivity contribution in [3.63, 3.8) is 0 Å². The van der Waals surface area contributed by atoms with Crippen LogP contribution in [0, 0.1) is 6.92 Å². The zero-order valence-electron chi connectivity index (χ0n) is 10.7. The van der Waals surface area contributed by atoms with Crippen molar-refractivity contribution in [2.45, 2.75) is 25.4 Å². The Labute approximate surface area is 111 Å². The highest BCUT2D eigenvalue weighted by Crippen LogP contribution is 2.22. The summed E-state index contributed by atoms with van der Waals surface area (Å²) in [5.74, 6) is 0.0410. The summed E-state index contributed by atoms with van der Waals surface area (Å²) in [6, 6.07) is 4.59. The Bertz CT molecular complexity index is 692. The van der Waals surface area contributed by atoms with Crippen LogP contribution in [0.15, 0.2) is 35.7 Å². The molecule has 1 aromatic carbocycles. The molecule has 19 heavy (non-hydrogen) atoms. The molecule has 0 aliphatic carbocycles. The van der Waals surface area contributed by atoms with E-state index >= 15 is 0 Å². The molecule has 6 nitrogen and oxygen atoms in total. The zero-order valence-corrected chi connectivity index (χ0v) is 11.5. The quantitative estimate of drug-likeness (QED) is 0.893. The van der Waals surface area contributed by atoms with Gasteiger partial charge in [0.15, 0.2) is 5.03 Å². The fraction of sp³-hybridized carbons (Fsp3) is 0.250. The highest BCUT2D eigenvalue weighted by atomic mass is 32.2. The molecule has 1 aromatic heterocycles. The van der Waals surface area contributed by atoms with Crippen molar-refractivity contribution in [1.29, 1.82) is 0 Å². The molecule has 0 saturated heterocycles. The maximum Gasteiger partial charge on any atom is 0.280 e. The summed E-state index contributed by atoms with van der Waals surface area (Å²) in [7, 11) is -3.73. The molecule has 7 heteroatoms. The minimum Gasteiger partial charge on any atom is -0.508 e. The highest BCUT2D eigenvalue weighted by Gasteiger charge is 2.17. The van der Waals surface area contributed by atoms with Gasteiger partial charge in [0.25, 0.3) is 10.0 Å². The Kier molecular flexibility index (Phi) is 3.48. The third kappa shape index (κ3) is 2.87. The summed E-state index contributed by atoms with van der Waals surface area (Å²) in [6.45, 7) is 4.27. The third-order valence-corrected chi connectivity index (χ3v) is 3.98. The second-order valence-corrected chi connectivity index (χ2v) is 5.78. The average Bonchev–Trinajstić information content (AvgIpc) is 2.83. The van der Waals surface area contributed by atoms with Crippen molar-refractivity contribution in [2.75, 3.05) is 4.72 Å². The highest BCUT2D eigenvalue weighted by molar-refractivity contribution is 7.92. The van der Waals surface area contributed by atoms with E-state index in [-0.39, 0.29) is 10.8 Å². The molecule has 0 atom stereocenters. The summed E-state index contributed by atoms with van der Waals surface area (Å²) in [6.07, 6.45) is 2.91. The minimum atomic E-state index is -3.73. The number of aromatic hydroxyl groups is 1. The number of nitrogens with zero attached hydrogens (tertiary/aromatic N) is 2. The van der Waals surface area contributed by atoms with Gasteiger partial charge in [-0.15, -0.1) is 0 Å². The van der Waals surface area contributed by atoms with Crippen LogP contribution in [0.25, 0.3) is 0 Å². The molecule has 102 valence electrons. The van der Waals surface area contributed by atoms with E-state index in [0.29, 0.717) is 17.8 Å². The smallest absolute Gasteiger partial charge is 0.280 e. The van der Waals surface area contributed by atoms with Gasteiger partial charge in [-0.05, 0) is 25.5 Å². The topological polar surface area (TPSA) is 84.2 Å². The second kappa shape index (κ2) is 4.93. The first-order valence-electron chi connectivity index (χ1n) is 5.76. The van der Waals surface area contributed by atoms with Gasteiger partial charge in [0, 0.05) is 18.8 Å². The summed E-state index contributed by atoms with van der Waals surface area (Å²) < 4.78 is 28.2. The molecule has 0 unspecified atom stereocenters. The number of aromatic nitrogens is 2. The first-order valence-corrected chi connectivity index (χ1v) is 7.25. The van der Waals surface area contributed by atoms with Crippen LogP contribution in [0.3, 0.4) is 0 Å². The number of nitrogens with one attached hydrogen (secondary N) is 1.